The molecular formula is C21H31N5OS. The first-order valence-corrected chi connectivity index (χ1v) is 10.4. The van der Waals surface area contributed by atoms with Crippen LogP contribution in [0.15, 0.2) is 41.4 Å². The molecule has 6 nitrogen and oxygen atoms in total. The Hall–Kier alpha value is -2.38. The number of nitrogens with zero attached hydrogens (tertiary/aromatic N) is 2. The van der Waals surface area contributed by atoms with Gasteiger partial charge in [-0.3, -0.25) is 4.79 Å². The van der Waals surface area contributed by atoms with Crippen molar-refractivity contribution in [2.75, 3.05) is 33.7 Å². The third-order valence-electron chi connectivity index (χ3n) is 4.02. The Morgan fingerprint density at radius 3 is 2.64 bits per heavy atom. The molecule has 2 aromatic rings. The number of carbonyl (C=O) groups is 1. The summed E-state index contributed by atoms with van der Waals surface area (Å²) < 4.78 is 0. The summed E-state index contributed by atoms with van der Waals surface area (Å²) in [7, 11) is 3.97. The predicted octanol–water partition coefficient (Wildman–Crippen LogP) is 2.60. The maximum Gasteiger partial charge on any atom is 0.251 e. The fourth-order valence-corrected chi connectivity index (χ4v) is 3.40. The number of hydrogen-bond donors (Lipinski definition) is 3. The summed E-state index contributed by atoms with van der Waals surface area (Å²) >= 11 is 1.78. The van der Waals surface area contributed by atoms with Crippen LogP contribution in [-0.4, -0.2) is 50.5 Å². The van der Waals surface area contributed by atoms with Gasteiger partial charge >= 0.3 is 0 Å². The highest BCUT2D eigenvalue weighted by Crippen LogP contribution is 2.14. The number of aliphatic imine (C=N–C) groups is 1. The molecular weight excluding hydrogens is 370 g/mol. The molecule has 28 heavy (non-hydrogen) atoms. The molecule has 1 aromatic heterocycles. The van der Waals surface area contributed by atoms with Crippen molar-refractivity contribution in [3.05, 3.63) is 57.3 Å². The minimum absolute atomic E-state index is 0.0502. The van der Waals surface area contributed by atoms with Crippen LogP contribution in [-0.2, 0) is 13.1 Å². The highest BCUT2D eigenvalue weighted by Gasteiger charge is 2.06. The van der Waals surface area contributed by atoms with Crippen molar-refractivity contribution >= 4 is 23.2 Å². The number of nitrogens with one attached hydrogen (secondary N) is 3. The Bertz CT molecular complexity index is 785. The van der Waals surface area contributed by atoms with Crippen molar-refractivity contribution < 1.29 is 4.79 Å². The Labute approximate surface area is 172 Å². The number of aryl methyl sites for hydroxylation is 1. The van der Waals surface area contributed by atoms with Crippen LogP contribution in [0, 0.1) is 6.92 Å². The zero-order chi connectivity index (χ0) is 20.4. The topological polar surface area (TPSA) is 68.8 Å². The maximum atomic E-state index is 12.3. The molecule has 0 aliphatic heterocycles. The first kappa shape index (κ1) is 21.9. The Balaban J connectivity index is 1.94. The van der Waals surface area contributed by atoms with Crippen LogP contribution >= 0.6 is 11.3 Å². The van der Waals surface area contributed by atoms with Gasteiger partial charge in [0, 0.05) is 35.0 Å². The number of guanidine groups is 1. The average molecular weight is 402 g/mol. The predicted molar refractivity (Wildman–Crippen MR) is 118 cm³/mol. The van der Waals surface area contributed by atoms with Gasteiger partial charge in [0.05, 0.1) is 13.1 Å². The van der Waals surface area contributed by atoms with E-state index in [1.807, 2.05) is 50.2 Å². The van der Waals surface area contributed by atoms with Gasteiger partial charge in [-0.2, -0.15) is 0 Å². The van der Waals surface area contributed by atoms with E-state index < -0.39 is 0 Å². The lowest BCUT2D eigenvalue weighted by molar-refractivity contribution is 0.0951. The fraction of sp³-hybridized carbons (Fsp3) is 0.429. The maximum absolute atomic E-state index is 12.3. The van der Waals surface area contributed by atoms with Crippen LogP contribution in [0.2, 0.25) is 0 Å². The molecule has 0 atom stereocenters. The number of amides is 1. The summed E-state index contributed by atoms with van der Waals surface area (Å²) in [6.45, 7) is 7.66. The van der Waals surface area contributed by atoms with E-state index in [1.54, 1.807) is 11.3 Å². The van der Waals surface area contributed by atoms with E-state index >= 15 is 0 Å². The number of thiophene rings is 1. The molecule has 1 heterocycles. The molecule has 0 bridgehead atoms. The summed E-state index contributed by atoms with van der Waals surface area (Å²) in [5.41, 5.74) is 1.67. The molecule has 2 rings (SSSR count). The smallest absolute Gasteiger partial charge is 0.251 e. The third kappa shape index (κ3) is 7.70. The summed E-state index contributed by atoms with van der Waals surface area (Å²) in [6, 6.07) is 11.9. The highest BCUT2D eigenvalue weighted by molar-refractivity contribution is 7.11. The Morgan fingerprint density at radius 2 is 1.96 bits per heavy atom. The number of likely N-dealkylation sites (N-methyl/N-ethyl adjacent to an activating group) is 1. The second kappa shape index (κ2) is 11.5. The van der Waals surface area contributed by atoms with Gasteiger partial charge in [-0.15, -0.1) is 11.3 Å². The van der Waals surface area contributed by atoms with Gasteiger partial charge < -0.3 is 20.9 Å². The first-order chi connectivity index (χ1) is 13.5. The minimum Gasteiger partial charge on any atom is -0.357 e. The summed E-state index contributed by atoms with van der Waals surface area (Å²) in [5, 5.41) is 9.57. The SMILES string of the molecule is CCNC(=NCc1cccc(C(=O)NCCN(C)C)c1)NCc1ccc(C)s1. The lowest BCUT2D eigenvalue weighted by Crippen LogP contribution is -2.36. The normalized spacial score (nSPS) is 11.5. The largest absolute Gasteiger partial charge is 0.357 e. The summed E-state index contributed by atoms with van der Waals surface area (Å²) in [5.74, 6) is 0.722. The van der Waals surface area contributed by atoms with Crippen LogP contribution in [0.4, 0.5) is 0 Å². The summed E-state index contributed by atoms with van der Waals surface area (Å²) in [4.78, 5) is 21.6. The molecule has 152 valence electrons. The zero-order valence-electron chi connectivity index (χ0n) is 17.2. The number of carbonyl (C=O) groups excluding carboxylic acids is 1. The zero-order valence-corrected chi connectivity index (χ0v) is 18.0. The van der Waals surface area contributed by atoms with E-state index in [2.05, 4.69) is 40.0 Å². The van der Waals surface area contributed by atoms with E-state index in [9.17, 15) is 4.79 Å². The van der Waals surface area contributed by atoms with Gasteiger partial charge in [-0.25, -0.2) is 4.99 Å². The average Bonchev–Trinajstić information content (AvgIpc) is 3.09. The molecule has 0 radical (unpaired) electrons. The van der Waals surface area contributed by atoms with Crippen molar-refractivity contribution in [2.24, 2.45) is 4.99 Å². The molecule has 0 aliphatic rings. The van der Waals surface area contributed by atoms with Gasteiger partial charge in [0.2, 0.25) is 0 Å². The fourth-order valence-electron chi connectivity index (χ4n) is 2.57. The van der Waals surface area contributed by atoms with Crippen molar-refractivity contribution in [1.29, 1.82) is 0 Å². The number of rotatable bonds is 9. The molecule has 3 N–H and O–H groups in total. The van der Waals surface area contributed by atoms with Crippen LogP contribution < -0.4 is 16.0 Å². The molecule has 1 amide bonds. The van der Waals surface area contributed by atoms with Crippen LogP contribution in [0.1, 0.15) is 32.6 Å². The molecule has 1 aromatic carbocycles. The van der Waals surface area contributed by atoms with E-state index in [1.165, 1.54) is 9.75 Å². The molecule has 7 heteroatoms. The molecule has 0 spiro atoms. The van der Waals surface area contributed by atoms with Gasteiger partial charge in [-0.05, 0) is 57.8 Å². The van der Waals surface area contributed by atoms with Crippen LogP contribution in [0.3, 0.4) is 0 Å². The van der Waals surface area contributed by atoms with Crippen molar-refractivity contribution in [3.63, 3.8) is 0 Å². The summed E-state index contributed by atoms with van der Waals surface area (Å²) in [6.07, 6.45) is 0. The lowest BCUT2D eigenvalue weighted by atomic mass is 10.1. The third-order valence-corrected chi connectivity index (χ3v) is 5.02. The van der Waals surface area contributed by atoms with E-state index in [0.717, 1.165) is 31.2 Å². The quantitative estimate of drug-likeness (QED) is 0.446. The second-order valence-corrected chi connectivity index (χ2v) is 8.19. The van der Waals surface area contributed by atoms with E-state index in [4.69, 9.17) is 0 Å². The molecule has 0 saturated carbocycles. The molecule has 0 aliphatic carbocycles. The molecule has 0 fully saturated rings. The van der Waals surface area contributed by atoms with Crippen molar-refractivity contribution in [3.8, 4) is 0 Å². The van der Waals surface area contributed by atoms with Crippen molar-refractivity contribution in [1.82, 2.24) is 20.9 Å². The monoisotopic (exact) mass is 401 g/mol. The van der Waals surface area contributed by atoms with E-state index in [0.29, 0.717) is 18.7 Å². The van der Waals surface area contributed by atoms with Gasteiger partial charge in [0.1, 0.15) is 0 Å². The van der Waals surface area contributed by atoms with Gasteiger partial charge in [0.15, 0.2) is 5.96 Å². The lowest BCUT2D eigenvalue weighted by Gasteiger charge is -2.11. The number of benzene rings is 1. The van der Waals surface area contributed by atoms with Gasteiger partial charge in [0.25, 0.3) is 5.91 Å². The first-order valence-electron chi connectivity index (χ1n) is 9.57. The number of hydrogen-bond acceptors (Lipinski definition) is 4. The standard InChI is InChI=1S/C21H31N5OS/c1-5-22-21(25-15-19-10-9-16(2)28-19)24-14-17-7-6-8-18(13-17)20(27)23-11-12-26(3)4/h6-10,13H,5,11-12,14-15H2,1-4H3,(H,23,27)(H2,22,24,25). The Kier molecular flexibility index (Phi) is 8.97. The highest BCUT2D eigenvalue weighted by atomic mass is 32.1. The molecule has 0 saturated heterocycles. The minimum atomic E-state index is -0.0502. The second-order valence-electron chi connectivity index (χ2n) is 6.82. The van der Waals surface area contributed by atoms with Crippen LogP contribution in [0.25, 0.3) is 0 Å². The van der Waals surface area contributed by atoms with Crippen molar-refractivity contribution in [2.45, 2.75) is 26.9 Å². The van der Waals surface area contributed by atoms with E-state index in [-0.39, 0.29) is 5.91 Å². The van der Waals surface area contributed by atoms with Crippen LogP contribution in [0.5, 0.6) is 0 Å². The Morgan fingerprint density at radius 1 is 1.14 bits per heavy atom. The molecule has 0 unspecified atom stereocenters. The van der Waals surface area contributed by atoms with Gasteiger partial charge in [-0.1, -0.05) is 12.1 Å².